The Kier molecular flexibility index (Phi) is 6.21. The summed E-state index contributed by atoms with van der Waals surface area (Å²) in [6.07, 6.45) is 0.222. The number of amides is 3. The van der Waals surface area contributed by atoms with Crippen molar-refractivity contribution in [1.29, 1.82) is 0 Å². The average Bonchev–Trinajstić information content (AvgIpc) is 3.34. The number of aromatic nitrogens is 2. The van der Waals surface area contributed by atoms with E-state index in [4.69, 9.17) is 0 Å². The second kappa shape index (κ2) is 9.62. The maximum Gasteiger partial charge on any atom is 0.262 e. The zero-order chi connectivity index (χ0) is 25.2. The van der Waals surface area contributed by atoms with Crippen molar-refractivity contribution in [3.05, 3.63) is 119 Å². The SMILES string of the molecule is Cc1nn(-c2ccccc2)c(C)c1CNC(=O)[C@H](Cc1ccccc1)N1C(=O)c2ccccc2C1=O. The minimum atomic E-state index is -0.982. The number of fused-ring (bicyclic) bond motifs is 1. The number of para-hydroxylation sites is 1. The van der Waals surface area contributed by atoms with E-state index in [-0.39, 0.29) is 18.9 Å². The topological polar surface area (TPSA) is 84.3 Å². The van der Waals surface area contributed by atoms with Gasteiger partial charge >= 0.3 is 0 Å². The Morgan fingerprint density at radius 3 is 2.00 bits per heavy atom. The zero-order valence-corrected chi connectivity index (χ0v) is 20.1. The van der Waals surface area contributed by atoms with Crippen LogP contribution in [0, 0.1) is 13.8 Å². The number of hydrogen-bond donors (Lipinski definition) is 1. The van der Waals surface area contributed by atoms with Crippen molar-refractivity contribution in [2.24, 2.45) is 0 Å². The number of rotatable bonds is 7. The van der Waals surface area contributed by atoms with Crippen LogP contribution >= 0.6 is 0 Å². The van der Waals surface area contributed by atoms with Gasteiger partial charge in [0, 0.05) is 24.2 Å². The molecule has 180 valence electrons. The van der Waals surface area contributed by atoms with Crippen LogP contribution < -0.4 is 5.32 Å². The van der Waals surface area contributed by atoms with E-state index in [9.17, 15) is 14.4 Å². The van der Waals surface area contributed by atoms with Gasteiger partial charge < -0.3 is 5.32 Å². The lowest BCUT2D eigenvalue weighted by molar-refractivity contribution is -0.125. The van der Waals surface area contributed by atoms with E-state index < -0.39 is 17.9 Å². The fourth-order valence-corrected chi connectivity index (χ4v) is 4.67. The Morgan fingerprint density at radius 1 is 0.833 bits per heavy atom. The first-order chi connectivity index (χ1) is 17.5. The second-order valence-electron chi connectivity index (χ2n) is 8.85. The molecule has 1 aromatic heterocycles. The van der Waals surface area contributed by atoms with Gasteiger partial charge in [0.2, 0.25) is 5.91 Å². The summed E-state index contributed by atoms with van der Waals surface area (Å²) < 4.78 is 1.85. The number of aryl methyl sites for hydroxylation is 1. The van der Waals surface area contributed by atoms with Gasteiger partial charge in [-0.25, -0.2) is 4.68 Å². The normalized spacial score (nSPS) is 13.6. The van der Waals surface area contributed by atoms with Crippen molar-refractivity contribution in [3.63, 3.8) is 0 Å². The molecule has 1 N–H and O–H groups in total. The van der Waals surface area contributed by atoms with Crippen molar-refractivity contribution in [3.8, 4) is 5.69 Å². The van der Waals surface area contributed by atoms with Crippen LogP contribution in [0.25, 0.3) is 5.69 Å². The number of nitrogens with one attached hydrogen (secondary N) is 1. The van der Waals surface area contributed by atoms with Gasteiger partial charge in [-0.3, -0.25) is 19.3 Å². The summed E-state index contributed by atoms with van der Waals surface area (Å²) >= 11 is 0. The number of hydrogen-bond acceptors (Lipinski definition) is 4. The van der Waals surface area contributed by atoms with Gasteiger partial charge in [0.1, 0.15) is 6.04 Å². The van der Waals surface area contributed by atoms with Gasteiger partial charge in [0.05, 0.1) is 22.5 Å². The molecular weight excluding hydrogens is 452 g/mol. The number of benzene rings is 3. The zero-order valence-electron chi connectivity index (χ0n) is 20.1. The van der Waals surface area contributed by atoms with Crippen LogP contribution in [0.1, 0.15) is 43.2 Å². The predicted molar refractivity (Wildman–Crippen MR) is 136 cm³/mol. The Hall–Kier alpha value is -4.52. The Balaban J connectivity index is 1.41. The third-order valence-corrected chi connectivity index (χ3v) is 6.59. The lowest BCUT2D eigenvalue weighted by atomic mass is 10.0. The Morgan fingerprint density at radius 2 is 1.39 bits per heavy atom. The molecule has 5 rings (SSSR count). The fraction of sp³-hybridized carbons (Fsp3) is 0.172. The molecule has 3 aromatic carbocycles. The maximum atomic E-state index is 13.6. The standard InChI is InChI=1S/C29H26N4O3/c1-19-25(20(2)33(31-19)22-13-7-4-8-14-22)18-30-27(34)26(17-21-11-5-3-6-12-21)32-28(35)23-15-9-10-16-24(23)29(32)36/h3-16,26H,17-18H2,1-2H3,(H,30,34)/t26-/m0/s1. The molecule has 0 aliphatic carbocycles. The largest absolute Gasteiger partial charge is 0.350 e. The first-order valence-electron chi connectivity index (χ1n) is 11.8. The quantitative estimate of drug-likeness (QED) is 0.407. The molecule has 2 heterocycles. The summed E-state index contributed by atoms with van der Waals surface area (Å²) in [6.45, 7) is 4.09. The molecule has 3 amide bonds. The van der Waals surface area contributed by atoms with Crippen LogP contribution in [-0.4, -0.2) is 38.4 Å². The smallest absolute Gasteiger partial charge is 0.262 e. The maximum absolute atomic E-state index is 13.6. The molecule has 1 atom stereocenters. The average molecular weight is 479 g/mol. The van der Waals surface area contributed by atoms with E-state index >= 15 is 0 Å². The first kappa shape index (κ1) is 23.2. The highest BCUT2D eigenvalue weighted by Gasteiger charge is 2.42. The third-order valence-electron chi connectivity index (χ3n) is 6.59. The summed E-state index contributed by atoms with van der Waals surface area (Å²) in [5, 5.41) is 7.62. The van der Waals surface area contributed by atoms with Gasteiger partial charge in [-0.2, -0.15) is 5.10 Å². The first-order valence-corrected chi connectivity index (χ1v) is 11.8. The lowest BCUT2D eigenvalue weighted by Gasteiger charge is -2.25. The molecule has 0 fully saturated rings. The summed E-state index contributed by atoms with van der Waals surface area (Å²) in [5.41, 5.74) is 5.06. The third kappa shape index (κ3) is 4.20. The fourth-order valence-electron chi connectivity index (χ4n) is 4.67. The van der Waals surface area contributed by atoms with E-state index in [1.807, 2.05) is 79.2 Å². The summed E-state index contributed by atoms with van der Waals surface area (Å²) in [6, 6.07) is 24.9. The predicted octanol–water partition coefficient (Wildman–Crippen LogP) is 4.01. The van der Waals surface area contributed by atoms with E-state index in [1.54, 1.807) is 24.3 Å². The summed E-state index contributed by atoms with van der Waals surface area (Å²) in [4.78, 5) is 41.1. The number of carbonyl (C=O) groups excluding carboxylic acids is 3. The van der Waals surface area contributed by atoms with Gasteiger partial charge in [0.25, 0.3) is 11.8 Å². The molecule has 0 spiro atoms. The molecule has 7 heteroatoms. The summed E-state index contributed by atoms with van der Waals surface area (Å²) in [7, 11) is 0. The van der Waals surface area contributed by atoms with Crippen LogP contribution in [0.15, 0.2) is 84.9 Å². The second-order valence-corrected chi connectivity index (χ2v) is 8.85. The highest BCUT2D eigenvalue weighted by Crippen LogP contribution is 2.26. The molecule has 0 saturated carbocycles. The van der Waals surface area contributed by atoms with Crippen molar-refractivity contribution in [1.82, 2.24) is 20.0 Å². The molecule has 1 aliphatic heterocycles. The highest BCUT2D eigenvalue weighted by atomic mass is 16.2. The van der Waals surface area contributed by atoms with Crippen LogP contribution in [0.3, 0.4) is 0 Å². The van der Waals surface area contributed by atoms with Crippen molar-refractivity contribution in [2.45, 2.75) is 32.9 Å². The van der Waals surface area contributed by atoms with Gasteiger partial charge in [0.15, 0.2) is 0 Å². The number of nitrogens with zero attached hydrogens (tertiary/aromatic N) is 3. The molecule has 0 saturated heterocycles. The monoisotopic (exact) mass is 478 g/mol. The molecule has 0 unspecified atom stereocenters. The van der Waals surface area contributed by atoms with Gasteiger partial charge in [-0.15, -0.1) is 0 Å². The molecule has 1 aliphatic rings. The minimum absolute atomic E-state index is 0.222. The lowest BCUT2D eigenvalue weighted by Crippen LogP contribution is -2.50. The molecule has 4 aromatic rings. The van der Waals surface area contributed by atoms with E-state index in [0.29, 0.717) is 11.1 Å². The van der Waals surface area contributed by atoms with Gasteiger partial charge in [-0.05, 0) is 43.7 Å². The van der Waals surface area contributed by atoms with E-state index in [2.05, 4.69) is 10.4 Å². The Labute approximate surface area is 209 Å². The van der Waals surface area contributed by atoms with Crippen LogP contribution in [0.4, 0.5) is 0 Å². The number of carbonyl (C=O) groups is 3. The summed E-state index contributed by atoms with van der Waals surface area (Å²) in [5.74, 6) is -1.29. The van der Waals surface area contributed by atoms with Gasteiger partial charge in [-0.1, -0.05) is 60.7 Å². The van der Waals surface area contributed by atoms with E-state index in [0.717, 1.165) is 33.1 Å². The minimum Gasteiger partial charge on any atom is -0.350 e. The van der Waals surface area contributed by atoms with Crippen LogP contribution in [0.5, 0.6) is 0 Å². The molecule has 36 heavy (non-hydrogen) atoms. The number of imide groups is 1. The van der Waals surface area contributed by atoms with Crippen molar-refractivity contribution < 1.29 is 14.4 Å². The highest BCUT2D eigenvalue weighted by molar-refractivity contribution is 6.22. The van der Waals surface area contributed by atoms with Crippen LogP contribution in [0.2, 0.25) is 0 Å². The molecule has 0 radical (unpaired) electrons. The molecular formula is C29H26N4O3. The van der Waals surface area contributed by atoms with Crippen molar-refractivity contribution >= 4 is 17.7 Å². The van der Waals surface area contributed by atoms with Crippen LogP contribution in [-0.2, 0) is 17.8 Å². The van der Waals surface area contributed by atoms with Crippen molar-refractivity contribution in [2.75, 3.05) is 0 Å². The molecule has 0 bridgehead atoms. The molecule has 7 nitrogen and oxygen atoms in total. The Bertz CT molecular complexity index is 1410. The van der Waals surface area contributed by atoms with E-state index in [1.165, 1.54) is 0 Å².